The third-order valence-corrected chi connectivity index (χ3v) is 13.3. The van der Waals surface area contributed by atoms with Gasteiger partial charge in [-0.05, 0) is 55.1 Å². The molecule has 0 aliphatic carbocycles. The van der Waals surface area contributed by atoms with Crippen LogP contribution in [0.4, 0.5) is 5.69 Å². The lowest BCUT2D eigenvalue weighted by Gasteiger charge is -2.37. The Bertz CT molecular complexity index is 1170. The Hall–Kier alpha value is -2.20. The van der Waals surface area contributed by atoms with Crippen molar-refractivity contribution in [2.75, 3.05) is 32.3 Å². The molecule has 2 heterocycles. The van der Waals surface area contributed by atoms with E-state index in [1.54, 1.807) is 7.11 Å². The second-order valence-corrected chi connectivity index (χ2v) is 16.4. The number of aliphatic hydroxyl groups excluding tert-OH is 1. The maximum absolute atomic E-state index is 14.4. The first-order valence-electron chi connectivity index (χ1n) is 13.2. The van der Waals surface area contributed by atoms with Gasteiger partial charge in [0.05, 0.1) is 34.1 Å². The van der Waals surface area contributed by atoms with Crippen LogP contribution in [-0.2, 0) is 24.7 Å². The van der Waals surface area contributed by atoms with E-state index in [0.717, 1.165) is 21.5 Å². The van der Waals surface area contributed by atoms with Gasteiger partial charge in [-0.3, -0.25) is 9.59 Å². The molecule has 4 rings (SSSR count). The Morgan fingerprint density at radius 2 is 1.87 bits per heavy atom. The number of benzene rings is 2. The first-order valence-corrected chi connectivity index (χ1v) is 17.1. The molecule has 0 radical (unpaired) electrons. The fourth-order valence-electron chi connectivity index (χ4n) is 6.55. The molecule has 4 atom stereocenters. The SMILES string of the molecule is COC(=O)CCCCN1C(=O)[C@@]2(O[C@@H](CCO)[C@H]([Si](C)(C)c3ccc(OC)cc3)[C@H]2C)c2cc(Br)ccc21. The number of amides is 1. The molecule has 0 aromatic heterocycles. The number of hydrogen-bond acceptors (Lipinski definition) is 6. The summed E-state index contributed by atoms with van der Waals surface area (Å²) in [6.07, 6.45) is 1.86. The predicted molar refractivity (Wildman–Crippen MR) is 154 cm³/mol. The van der Waals surface area contributed by atoms with Crippen LogP contribution in [0.1, 0.15) is 38.2 Å². The van der Waals surface area contributed by atoms with Crippen LogP contribution in [0.3, 0.4) is 0 Å². The van der Waals surface area contributed by atoms with Gasteiger partial charge in [-0.25, -0.2) is 0 Å². The smallest absolute Gasteiger partial charge is 0.305 e. The summed E-state index contributed by atoms with van der Waals surface area (Å²) in [6, 6.07) is 14.2. The van der Waals surface area contributed by atoms with Crippen LogP contribution in [-0.4, -0.2) is 58.5 Å². The molecular formula is C29H38BrNO6Si. The van der Waals surface area contributed by atoms with Gasteiger partial charge in [0.25, 0.3) is 5.91 Å². The van der Waals surface area contributed by atoms with Gasteiger partial charge < -0.3 is 24.2 Å². The van der Waals surface area contributed by atoms with Crippen molar-refractivity contribution in [1.82, 2.24) is 0 Å². The van der Waals surface area contributed by atoms with E-state index in [4.69, 9.17) is 14.2 Å². The van der Waals surface area contributed by atoms with Gasteiger partial charge in [0.1, 0.15) is 5.75 Å². The molecule has 1 spiro atoms. The first-order chi connectivity index (χ1) is 18.1. The molecule has 0 bridgehead atoms. The predicted octanol–water partition coefficient (Wildman–Crippen LogP) is 4.75. The Balaban J connectivity index is 1.72. The van der Waals surface area contributed by atoms with Gasteiger partial charge in [-0.1, -0.05) is 53.3 Å². The van der Waals surface area contributed by atoms with Gasteiger partial charge in [0.2, 0.25) is 0 Å². The molecule has 1 saturated heterocycles. The molecule has 2 aliphatic heterocycles. The second kappa shape index (κ2) is 11.5. The van der Waals surface area contributed by atoms with E-state index in [2.05, 4.69) is 48.1 Å². The minimum atomic E-state index is -2.20. The van der Waals surface area contributed by atoms with Crippen molar-refractivity contribution >= 4 is 46.8 Å². The molecule has 7 nitrogen and oxygen atoms in total. The van der Waals surface area contributed by atoms with Gasteiger partial charge in [-0.2, -0.15) is 0 Å². The lowest BCUT2D eigenvalue weighted by Crippen LogP contribution is -2.52. The molecule has 38 heavy (non-hydrogen) atoms. The summed E-state index contributed by atoms with van der Waals surface area (Å²) in [4.78, 5) is 27.8. The van der Waals surface area contributed by atoms with Crippen molar-refractivity contribution < 1.29 is 28.9 Å². The lowest BCUT2D eigenvalue weighted by atomic mass is 9.82. The van der Waals surface area contributed by atoms with E-state index in [1.165, 1.54) is 12.3 Å². The van der Waals surface area contributed by atoms with Crippen molar-refractivity contribution in [2.24, 2.45) is 5.92 Å². The number of nitrogens with zero attached hydrogens (tertiary/aromatic N) is 1. The Morgan fingerprint density at radius 3 is 2.50 bits per heavy atom. The fraction of sp³-hybridized carbons (Fsp3) is 0.517. The molecule has 206 valence electrons. The molecule has 1 fully saturated rings. The zero-order valence-electron chi connectivity index (χ0n) is 22.8. The van der Waals surface area contributed by atoms with E-state index in [1.807, 2.05) is 35.2 Å². The highest BCUT2D eigenvalue weighted by Gasteiger charge is 2.66. The van der Waals surface area contributed by atoms with Crippen LogP contribution in [0.5, 0.6) is 5.75 Å². The van der Waals surface area contributed by atoms with Crippen molar-refractivity contribution in [2.45, 2.75) is 62.9 Å². The average Bonchev–Trinajstić information content (AvgIpc) is 3.33. The normalized spacial score (nSPS) is 24.7. The van der Waals surface area contributed by atoms with Crippen LogP contribution >= 0.6 is 15.9 Å². The maximum atomic E-state index is 14.4. The van der Waals surface area contributed by atoms with Gasteiger partial charge in [-0.15, -0.1) is 0 Å². The minimum absolute atomic E-state index is 0.00612. The quantitative estimate of drug-likeness (QED) is 0.240. The Morgan fingerprint density at radius 1 is 1.16 bits per heavy atom. The number of fused-ring (bicyclic) bond motifs is 2. The first kappa shape index (κ1) is 28.8. The third-order valence-electron chi connectivity index (χ3n) is 8.45. The van der Waals surface area contributed by atoms with Gasteiger partial charge >= 0.3 is 5.97 Å². The molecular weight excluding hydrogens is 566 g/mol. The topological polar surface area (TPSA) is 85.3 Å². The van der Waals surface area contributed by atoms with E-state index in [9.17, 15) is 14.7 Å². The number of carbonyl (C=O) groups is 2. The Kier molecular flexibility index (Phi) is 8.71. The summed E-state index contributed by atoms with van der Waals surface area (Å²) in [7, 11) is 0.850. The number of anilines is 1. The summed E-state index contributed by atoms with van der Waals surface area (Å²) in [5.74, 6) is 0.404. The highest BCUT2D eigenvalue weighted by Crippen LogP contribution is 2.60. The number of methoxy groups -OCH3 is 2. The van der Waals surface area contributed by atoms with Crippen molar-refractivity contribution in [3.8, 4) is 5.75 Å². The molecule has 2 aromatic carbocycles. The fourth-order valence-corrected chi connectivity index (χ4v) is 11.0. The number of unbranched alkanes of at least 4 members (excludes halogenated alkanes) is 1. The van der Waals surface area contributed by atoms with E-state index in [0.29, 0.717) is 32.2 Å². The highest BCUT2D eigenvalue weighted by atomic mass is 79.9. The van der Waals surface area contributed by atoms with Crippen LogP contribution in [0.15, 0.2) is 46.9 Å². The zero-order chi connectivity index (χ0) is 27.7. The molecule has 9 heteroatoms. The van der Waals surface area contributed by atoms with Gasteiger partial charge in [0.15, 0.2) is 5.60 Å². The summed E-state index contributed by atoms with van der Waals surface area (Å²) < 4.78 is 17.9. The third kappa shape index (κ3) is 4.94. The summed E-state index contributed by atoms with van der Waals surface area (Å²) in [5, 5.41) is 11.3. The number of carbonyl (C=O) groups excluding carboxylic acids is 2. The summed E-state index contributed by atoms with van der Waals surface area (Å²) >= 11 is 3.61. The summed E-state index contributed by atoms with van der Waals surface area (Å²) in [5.41, 5.74) is 0.707. The molecule has 0 saturated carbocycles. The number of esters is 1. The number of halogens is 1. The Labute approximate surface area is 234 Å². The monoisotopic (exact) mass is 603 g/mol. The number of aliphatic hydroxyl groups is 1. The van der Waals surface area contributed by atoms with Crippen LogP contribution < -0.4 is 14.8 Å². The van der Waals surface area contributed by atoms with E-state index in [-0.39, 0.29) is 36.0 Å². The van der Waals surface area contributed by atoms with Crippen LogP contribution in [0.25, 0.3) is 0 Å². The summed E-state index contributed by atoms with van der Waals surface area (Å²) in [6.45, 7) is 7.29. The average molecular weight is 605 g/mol. The maximum Gasteiger partial charge on any atom is 0.305 e. The molecule has 0 unspecified atom stereocenters. The number of hydrogen-bond donors (Lipinski definition) is 1. The molecule has 1 N–H and O–H groups in total. The number of rotatable bonds is 10. The minimum Gasteiger partial charge on any atom is -0.497 e. The van der Waals surface area contributed by atoms with Crippen molar-refractivity contribution in [3.63, 3.8) is 0 Å². The lowest BCUT2D eigenvalue weighted by molar-refractivity contribution is -0.146. The molecule has 2 aromatic rings. The second-order valence-electron chi connectivity index (χ2n) is 10.8. The van der Waals surface area contributed by atoms with Crippen molar-refractivity contribution in [1.29, 1.82) is 0 Å². The zero-order valence-corrected chi connectivity index (χ0v) is 25.4. The number of ether oxygens (including phenoxy) is 3. The largest absolute Gasteiger partial charge is 0.497 e. The van der Waals surface area contributed by atoms with Crippen molar-refractivity contribution in [3.05, 3.63) is 52.5 Å². The van der Waals surface area contributed by atoms with E-state index >= 15 is 0 Å². The van der Waals surface area contributed by atoms with E-state index < -0.39 is 13.7 Å². The standard InChI is InChI=1S/C29H38BrNO6Si/c1-19-27(38(4,5)22-12-10-21(35-2)11-13-22)25(15-17-32)37-29(19)23-18-20(30)9-14-24(23)31(28(29)34)16-7-6-8-26(33)36-3/h9-14,18-19,25,27,32H,6-8,15-17H2,1-5H3/t19-,25+,27-,29+/m1/s1. The van der Waals surface area contributed by atoms with Crippen LogP contribution in [0.2, 0.25) is 18.6 Å². The molecule has 1 amide bonds. The highest BCUT2D eigenvalue weighted by molar-refractivity contribution is 9.10. The molecule has 2 aliphatic rings. The van der Waals surface area contributed by atoms with Gasteiger partial charge in [0, 0.05) is 35.5 Å². The van der Waals surface area contributed by atoms with Crippen LogP contribution in [0, 0.1) is 5.92 Å².